The van der Waals surface area contributed by atoms with Crippen molar-refractivity contribution in [2.45, 2.75) is 40.0 Å². The van der Waals surface area contributed by atoms with Crippen LogP contribution in [0, 0.1) is 11.8 Å². The van der Waals surface area contributed by atoms with Gasteiger partial charge in [-0.1, -0.05) is 33.6 Å². The second-order valence-electron chi connectivity index (χ2n) is 3.69. The summed E-state index contributed by atoms with van der Waals surface area (Å²) in [5, 5.41) is 0. The summed E-state index contributed by atoms with van der Waals surface area (Å²) in [4.78, 5) is 0. The smallest absolute Gasteiger partial charge is 0.113 e. The first kappa shape index (κ1) is 12.1. The first-order valence-electron chi connectivity index (χ1n) is 5.05. The third-order valence-electron chi connectivity index (χ3n) is 2.60. The van der Waals surface area contributed by atoms with Crippen LogP contribution in [0.5, 0.6) is 0 Å². The van der Waals surface area contributed by atoms with Crippen molar-refractivity contribution >= 4 is 0 Å². The van der Waals surface area contributed by atoms with Crippen molar-refractivity contribution in [3.05, 3.63) is 11.5 Å². The van der Waals surface area contributed by atoms with Gasteiger partial charge in [0.1, 0.15) is 5.82 Å². The largest absolute Gasteiger partial charge is 0.399 e. The van der Waals surface area contributed by atoms with Gasteiger partial charge in [-0.2, -0.15) is 0 Å². The number of allylic oxidation sites excluding steroid dienone is 1. The van der Waals surface area contributed by atoms with Gasteiger partial charge >= 0.3 is 0 Å². The minimum Gasteiger partial charge on any atom is -0.399 e. The van der Waals surface area contributed by atoms with E-state index in [1.54, 1.807) is 0 Å². The molecule has 6 N–H and O–H groups in total. The Labute approximate surface area is 81.4 Å². The van der Waals surface area contributed by atoms with Crippen molar-refractivity contribution < 1.29 is 0 Å². The zero-order valence-corrected chi connectivity index (χ0v) is 9.01. The topological polar surface area (TPSA) is 78.1 Å². The van der Waals surface area contributed by atoms with E-state index in [1.165, 1.54) is 12.8 Å². The van der Waals surface area contributed by atoms with Crippen LogP contribution in [0.15, 0.2) is 11.5 Å². The number of nitrogens with two attached hydrogens (primary N) is 3. The Bertz CT molecular complexity index is 171. The van der Waals surface area contributed by atoms with Gasteiger partial charge in [-0.25, -0.2) is 0 Å². The molecule has 0 aliphatic carbocycles. The van der Waals surface area contributed by atoms with E-state index in [0.29, 0.717) is 17.5 Å². The molecule has 3 heteroatoms. The minimum absolute atomic E-state index is 0.287. The standard InChI is InChI=1S/C10H23N3/c1-4-6-7(3)8(5-2)9(11)10(12)13/h7-8H,4-6,11-13H2,1-3H3. The van der Waals surface area contributed by atoms with Gasteiger partial charge in [0.15, 0.2) is 0 Å². The van der Waals surface area contributed by atoms with E-state index in [2.05, 4.69) is 20.8 Å². The molecule has 2 unspecified atom stereocenters. The van der Waals surface area contributed by atoms with Crippen LogP contribution < -0.4 is 17.2 Å². The fourth-order valence-electron chi connectivity index (χ4n) is 1.80. The highest BCUT2D eigenvalue weighted by Crippen LogP contribution is 2.24. The summed E-state index contributed by atoms with van der Waals surface area (Å²) < 4.78 is 0. The summed E-state index contributed by atoms with van der Waals surface area (Å²) >= 11 is 0. The highest BCUT2D eigenvalue weighted by atomic mass is 14.8. The van der Waals surface area contributed by atoms with Crippen molar-refractivity contribution in [1.29, 1.82) is 0 Å². The van der Waals surface area contributed by atoms with Crippen molar-refractivity contribution in [2.75, 3.05) is 0 Å². The molecule has 0 saturated carbocycles. The maximum atomic E-state index is 5.83. The monoisotopic (exact) mass is 185 g/mol. The summed E-state index contributed by atoms with van der Waals surface area (Å²) in [6, 6.07) is 0. The van der Waals surface area contributed by atoms with E-state index in [0.717, 1.165) is 6.42 Å². The molecular weight excluding hydrogens is 162 g/mol. The number of rotatable bonds is 5. The average Bonchev–Trinajstić information content (AvgIpc) is 2.05. The van der Waals surface area contributed by atoms with Crippen molar-refractivity contribution in [1.82, 2.24) is 0 Å². The molecule has 0 heterocycles. The van der Waals surface area contributed by atoms with Gasteiger partial charge in [0, 0.05) is 5.92 Å². The fourth-order valence-corrected chi connectivity index (χ4v) is 1.80. The molecule has 0 aromatic rings. The molecular formula is C10H23N3. The third kappa shape index (κ3) is 3.57. The molecule has 78 valence electrons. The predicted octanol–water partition coefficient (Wildman–Crippen LogP) is 1.49. The zero-order valence-electron chi connectivity index (χ0n) is 9.01. The molecule has 0 rings (SSSR count). The lowest BCUT2D eigenvalue weighted by atomic mass is 9.86. The molecule has 13 heavy (non-hydrogen) atoms. The maximum absolute atomic E-state index is 5.83. The number of hydrogen-bond donors (Lipinski definition) is 3. The second kappa shape index (κ2) is 5.73. The van der Waals surface area contributed by atoms with Crippen LogP contribution >= 0.6 is 0 Å². The highest BCUT2D eigenvalue weighted by Gasteiger charge is 2.18. The van der Waals surface area contributed by atoms with Gasteiger partial charge in [-0.05, 0) is 12.3 Å². The lowest BCUT2D eigenvalue weighted by Gasteiger charge is -2.23. The van der Waals surface area contributed by atoms with Crippen LogP contribution in [-0.2, 0) is 0 Å². The Morgan fingerprint density at radius 3 is 2.00 bits per heavy atom. The molecule has 0 aliphatic rings. The van der Waals surface area contributed by atoms with E-state index in [9.17, 15) is 0 Å². The molecule has 0 spiro atoms. The third-order valence-corrected chi connectivity index (χ3v) is 2.60. The van der Waals surface area contributed by atoms with Gasteiger partial charge in [-0.3, -0.25) is 0 Å². The second-order valence-corrected chi connectivity index (χ2v) is 3.69. The SMILES string of the molecule is CCCC(C)C(CC)C(N)=C(N)N. The van der Waals surface area contributed by atoms with Crippen LogP contribution in [0.2, 0.25) is 0 Å². The van der Waals surface area contributed by atoms with Gasteiger partial charge in [0.05, 0.1) is 5.70 Å². The minimum atomic E-state index is 0.287. The van der Waals surface area contributed by atoms with E-state index >= 15 is 0 Å². The summed E-state index contributed by atoms with van der Waals surface area (Å²) in [7, 11) is 0. The van der Waals surface area contributed by atoms with E-state index < -0.39 is 0 Å². The fraction of sp³-hybridized carbons (Fsp3) is 0.800. The summed E-state index contributed by atoms with van der Waals surface area (Å²) in [6.07, 6.45) is 3.35. The molecule has 3 nitrogen and oxygen atoms in total. The van der Waals surface area contributed by atoms with Gasteiger partial charge in [0.2, 0.25) is 0 Å². The van der Waals surface area contributed by atoms with E-state index in [-0.39, 0.29) is 5.82 Å². The molecule has 0 radical (unpaired) electrons. The average molecular weight is 185 g/mol. The molecule has 0 saturated heterocycles. The van der Waals surface area contributed by atoms with E-state index in [4.69, 9.17) is 17.2 Å². The Morgan fingerprint density at radius 2 is 1.69 bits per heavy atom. The molecule has 0 bridgehead atoms. The molecule has 0 amide bonds. The number of hydrogen-bond acceptors (Lipinski definition) is 3. The van der Waals surface area contributed by atoms with E-state index in [1.807, 2.05) is 0 Å². The van der Waals surface area contributed by atoms with Gasteiger partial charge in [-0.15, -0.1) is 0 Å². The van der Waals surface area contributed by atoms with Crippen molar-refractivity contribution in [2.24, 2.45) is 29.0 Å². The predicted molar refractivity (Wildman–Crippen MR) is 57.4 cm³/mol. The Kier molecular flexibility index (Phi) is 5.35. The normalized spacial score (nSPS) is 15.0. The van der Waals surface area contributed by atoms with Crippen molar-refractivity contribution in [3.8, 4) is 0 Å². The molecule has 0 aromatic carbocycles. The summed E-state index contributed by atoms with van der Waals surface area (Å²) in [5.74, 6) is 1.19. The molecule has 0 aromatic heterocycles. The summed E-state index contributed by atoms with van der Waals surface area (Å²) in [5.41, 5.74) is 17.5. The lowest BCUT2D eigenvalue weighted by molar-refractivity contribution is 0.366. The van der Waals surface area contributed by atoms with Crippen LogP contribution in [-0.4, -0.2) is 0 Å². The Hall–Kier alpha value is -0.860. The van der Waals surface area contributed by atoms with Crippen LogP contribution in [0.1, 0.15) is 40.0 Å². The highest BCUT2D eigenvalue weighted by molar-refractivity contribution is 5.08. The Morgan fingerprint density at radius 1 is 1.15 bits per heavy atom. The van der Waals surface area contributed by atoms with Crippen LogP contribution in [0.25, 0.3) is 0 Å². The molecule has 0 fully saturated rings. The van der Waals surface area contributed by atoms with Crippen LogP contribution in [0.3, 0.4) is 0 Å². The first-order chi connectivity index (χ1) is 6.04. The van der Waals surface area contributed by atoms with Crippen LogP contribution in [0.4, 0.5) is 0 Å². The Balaban J connectivity index is 4.41. The van der Waals surface area contributed by atoms with Gasteiger partial charge < -0.3 is 17.2 Å². The summed E-state index contributed by atoms with van der Waals surface area (Å²) in [6.45, 7) is 6.50. The maximum Gasteiger partial charge on any atom is 0.113 e. The van der Waals surface area contributed by atoms with Gasteiger partial charge in [0.25, 0.3) is 0 Å². The lowest BCUT2D eigenvalue weighted by Crippen LogP contribution is -2.26. The van der Waals surface area contributed by atoms with Crippen molar-refractivity contribution in [3.63, 3.8) is 0 Å². The molecule has 2 atom stereocenters. The first-order valence-corrected chi connectivity index (χ1v) is 5.05. The quantitative estimate of drug-likeness (QED) is 0.607. The zero-order chi connectivity index (χ0) is 10.4. The molecule has 0 aliphatic heterocycles.